The highest BCUT2D eigenvalue weighted by molar-refractivity contribution is 6.30. The van der Waals surface area contributed by atoms with Crippen molar-refractivity contribution in [3.8, 4) is 6.07 Å². The zero-order chi connectivity index (χ0) is 19.1. The topological polar surface area (TPSA) is 79.2 Å². The molecule has 0 radical (unpaired) electrons. The predicted octanol–water partition coefficient (Wildman–Crippen LogP) is 4.13. The van der Waals surface area contributed by atoms with Gasteiger partial charge in [-0.3, -0.25) is 4.79 Å². The van der Waals surface area contributed by atoms with Crippen LogP contribution >= 0.6 is 11.6 Å². The molecule has 0 heterocycles. The first-order valence-electron chi connectivity index (χ1n) is 7.85. The number of hydrogen-bond donors (Lipinski definition) is 1. The average molecular weight is 369 g/mol. The Labute approximate surface area is 156 Å². The zero-order valence-electron chi connectivity index (χ0n) is 14.3. The van der Waals surface area contributed by atoms with Crippen LogP contribution in [-0.4, -0.2) is 18.0 Å². The summed E-state index contributed by atoms with van der Waals surface area (Å²) >= 11 is 5.79. The van der Waals surface area contributed by atoms with Gasteiger partial charge >= 0.3 is 5.97 Å². The first kappa shape index (κ1) is 19.2. The van der Waals surface area contributed by atoms with E-state index in [9.17, 15) is 14.9 Å². The minimum Gasteiger partial charge on any atom is -0.448 e. The summed E-state index contributed by atoms with van der Waals surface area (Å²) in [7, 11) is 0. The lowest BCUT2D eigenvalue weighted by Crippen LogP contribution is -2.30. The maximum absolute atomic E-state index is 12.1. The van der Waals surface area contributed by atoms with Crippen molar-refractivity contribution in [3.63, 3.8) is 0 Å². The van der Waals surface area contributed by atoms with E-state index in [4.69, 9.17) is 16.3 Å². The van der Waals surface area contributed by atoms with Crippen LogP contribution in [0, 0.1) is 18.3 Å². The first-order chi connectivity index (χ1) is 12.4. The van der Waals surface area contributed by atoms with Gasteiger partial charge in [-0.1, -0.05) is 41.4 Å². The molecule has 2 rings (SSSR count). The van der Waals surface area contributed by atoms with Crippen molar-refractivity contribution in [1.82, 2.24) is 0 Å². The molecule has 0 spiro atoms. The molecule has 0 aliphatic carbocycles. The molecule has 0 fully saturated rings. The van der Waals surface area contributed by atoms with E-state index in [1.54, 1.807) is 42.5 Å². The molecule has 0 saturated heterocycles. The number of benzene rings is 2. The van der Waals surface area contributed by atoms with Crippen LogP contribution in [0.2, 0.25) is 5.02 Å². The van der Waals surface area contributed by atoms with Crippen LogP contribution in [0.4, 0.5) is 5.69 Å². The molecule has 0 aliphatic heterocycles. The van der Waals surface area contributed by atoms with E-state index in [0.717, 1.165) is 5.56 Å². The smallest absolute Gasteiger partial charge is 0.349 e. The number of ether oxygens (including phenoxy) is 1. The lowest BCUT2D eigenvalue weighted by atomic mass is 10.1. The molecule has 5 nitrogen and oxygen atoms in total. The molecular weight excluding hydrogens is 352 g/mol. The third-order valence-corrected chi connectivity index (χ3v) is 3.75. The molecule has 26 heavy (non-hydrogen) atoms. The lowest BCUT2D eigenvalue weighted by Gasteiger charge is -2.13. The summed E-state index contributed by atoms with van der Waals surface area (Å²) in [6.45, 7) is 3.37. The standard InChI is InChI=1S/C20H17ClN2O3/c1-13-3-5-15(6-4-13)11-16(12-22)20(25)26-14(2)19(24)23-18-9-7-17(21)8-10-18/h3-11,14H,1-2H3,(H,23,24)/b16-11+/t14-/m0/s1. The van der Waals surface area contributed by atoms with E-state index in [1.165, 1.54) is 13.0 Å². The number of halogens is 1. The predicted molar refractivity (Wildman–Crippen MR) is 100 cm³/mol. The third-order valence-electron chi connectivity index (χ3n) is 3.49. The van der Waals surface area contributed by atoms with Gasteiger partial charge in [-0.15, -0.1) is 0 Å². The molecule has 0 saturated carbocycles. The summed E-state index contributed by atoms with van der Waals surface area (Å²) in [5.74, 6) is -1.36. The molecule has 0 aliphatic rings. The van der Waals surface area contributed by atoms with Gasteiger partial charge < -0.3 is 10.1 Å². The number of esters is 1. The molecule has 2 aromatic carbocycles. The van der Waals surface area contributed by atoms with Crippen LogP contribution < -0.4 is 5.32 Å². The van der Waals surface area contributed by atoms with Gasteiger partial charge in [-0.05, 0) is 49.8 Å². The van der Waals surface area contributed by atoms with E-state index < -0.39 is 18.0 Å². The summed E-state index contributed by atoms with van der Waals surface area (Å²) in [5.41, 5.74) is 2.11. The Kier molecular flexibility index (Phi) is 6.54. The number of carbonyl (C=O) groups excluding carboxylic acids is 2. The van der Waals surface area contributed by atoms with Gasteiger partial charge in [0.1, 0.15) is 11.6 Å². The number of nitrogens with zero attached hydrogens (tertiary/aromatic N) is 1. The van der Waals surface area contributed by atoms with Crippen molar-refractivity contribution in [2.75, 3.05) is 5.32 Å². The molecule has 6 heteroatoms. The largest absolute Gasteiger partial charge is 0.448 e. The quantitative estimate of drug-likeness (QED) is 0.489. The van der Waals surface area contributed by atoms with Crippen LogP contribution in [0.25, 0.3) is 6.08 Å². The Hall–Kier alpha value is -3.10. The molecule has 1 atom stereocenters. The lowest BCUT2D eigenvalue weighted by molar-refractivity contribution is -0.148. The van der Waals surface area contributed by atoms with Gasteiger partial charge in [0.05, 0.1) is 0 Å². The number of hydrogen-bond acceptors (Lipinski definition) is 4. The van der Waals surface area contributed by atoms with Crippen molar-refractivity contribution < 1.29 is 14.3 Å². The number of nitriles is 1. The van der Waals surface area contributed by atoms with Crippen molar-refractivity contribution >= 4 is 35.2 Å². The number of nitrogens with one attached hydrogen (secondary N) is 1. The van der Waals surface area contributed by atoms with Crippen molar-refractivity contribution in [1.29, 1.82) is 5.26 Å². The number of anilines is 1. The van der Waals surface area contributed by atoms with Crippen molar-refractivity contribution in [2.45, 2.75) is 20.0 Å². The van der Waals surface area contributed by atoms with Crippen molar-refractivity contribution in [3.05, 3.63) is 70.3 Å². The average Bonchev–Trinajstić information content (AvgIpc) is 2.62. The van der Waals surface area contributed by atoms with Gasteiger partial charge in [0.2, 0.25) is 0 Å². The summed E-state index contributed by atoms with van der Waals surface area (Å²) < 4.78 is 5.09. The van der Waals surface area contributed by atoms with Gasteiger partial charge in [-0.2, -0.15) is 5.26 Å². The molecule has 2 aromatic rings. The maximum Gasteiger partial charge on any atom is 0.349 e. The zero-order valence-corrected chi connectivity index (χ0v) is 15.1. The number of aryl methyl sites for hydroxylation is 1. The SMILES string of the molecule is Cc1ccc(/C=C(\C#N)C(=O)O[C@@H](C)C(=O)Nc2ccc(Cl)cc2)cc1. The Balaban J connectivity index is 2.01. The molecule has 0 bridgehead atoms. The minimum atomic E-state index is -1.06. The van der Waals surface area contributed by atoms with Gasteiger partial charge in [-0.25, -0.2) is 4.79 Å². The maximum atomic E-state index is 12.1. The van der Waals surface area contributed by atoms with Crippen LogP contribution in [0.15, 0.2) is 54.1 Å². The number of rotatable bonds is 5. The van der Waals surface area contributed by atoms with E-state index in [-0.39, 0.29) is 5.57 Å². The minimum absolute atomic E-state index is 0.181. The molecule has 132 valence electrons. The molecule has 1 N–H and O–H groups in total. The summed E-state index contributed by atoms with van der Waals surface area (Å²) in [6.07, 6.45) is 0.360. The Morgan fingerprint density at radius 2 is 1.77 bits per heavy atom. The van der Waals surface area contributed by atoms with E-state index in [1.807, 2.05) is 19.1 Å². The summed E-state index contributed by atoms with van der Waals surface area (Å²) in [6, 6.07) is 15.6. The highest BCUT2D eigenvalue weighted by Gasteiger charge is 2.20. The van der Waals surface area contributed by atoms with Crippen LogP contribution in [0.5, 0.6) is 0 Å². The molecular formula is C20H17ClN2O3. The fourth-order valence-corrected chi connectivity index (χ4v) is 2.15. The Morgan fingerprint density at radius 3 is 2.35 bits per heavy atom. The van der Waals surface area contributed by atoms with Gasteiger partial charge in [0, 0.05) is 10.7 Å². The van der Waals surface area contributed by atoms with Crippen molar-refractivity contribution in [2.24, 2.45) is 0 Å². The third kappa shape index (κ3) is 5.47. The van der Waals surface area contributed by atoms with Gasteiger partial charge in [0.25, 0.3) is 5.91 Å². The highest BCUT2D eigenvalue weighted by Crippen LogP contribution is 2.15. The fraction of sp³-hybridized carbons (Fsp3) is 0.150. The molecule has 0 aromatic heterocycles. The van der Waals surface area contributed by atoms with Crippen LogP contribution in [-0.2, 0) is 14.3 Å². The number of amides is 1. The number of carbonyl (C=O) groups is 2. The highest BCUT2D eigenvalue weighted by atomic mass is 35.5. The summed E-state index contributed by atoms with van der Waals surface area (Å²) in [4.78, 5) is 24.3. The first-order valence-corrected chi connectivity index (χ1v) is 8.22. The monoisotopic (exact) mass is 368 g/mol. The van der Waals surface area contributed by atoms with E-state index in [0.29, 0.717) is 16.3 Å². The Bertz CT molecular complexity index is 865. The van der Waals surface area contributed by atoms with E-state index in [2.05, 4.69) is 5.32 Å². The second kappa shape index (κ2) is 8.84. The normalized spacial score (nSPS) is 12.0. The van der Waals surface area contributed by atoms with E-state index >= 15 is 0 Å². The fourth-order valence-electron chi connectivity index (χ4n) is 2.02. The molecule has 1 amide bonds. The second-order valence-corrected chi connectivity index (χ2v) is 6.06. The summed E-state index contributed by atoms with van der Waals surface area (Å²) in [5, 5.41) is 12.3. The second-order valence-electron chi connectivity index (χ2n) is 5.62. The molecule has 0 unspecified atom stereocenters. The Morgan fingerprint density at radius 1 is 1.15 bits per heavy atom. The van der Waals surface area contributed by atoms with Gasteiger partial charge in [0.15, 0.2) is 6.10 Å². The van der Waals surface area contributed by atoms with Crippen LogP contribution in [0.3, 0.4) is 0 Å². The van der Waals surface area contributed by atoms with Crippen LogP contribution in [0.1, 0.15) is 18.1 Å².